The van der Waals surface area contributed by atoms with E-state index in [0.717, 1.165) is 31.6 Å². The number of pyridine rings is 1. The SMILES string of the molecule is Cc1csc(Sc2ccc(NC(=O)Cn3c4ccccc4c(=O)c4ccccc43)cc2)n1. The topological polar surface area (TPSA) is 64.0 Å². The molecule has 1 amide bonds. The molecule has 0 saturated heterocycles. The number of fused-ring (bicyclic) bond motifs is 2. The maximum absolute atomic E-state index is 12.9. The van der Waals surface area contributed by atoms with Gasteiger partial charge in [-0.05, 0) is 55.5 Å². The van der Waals surface area contributed by atoms with Crippen LogP contribution in [0.4, 0.5) is 5.69 Å². The van der Waals surface area contributed by atoms with Crippen molar-refractivity contribution in [2.45, 2.75) is 22.7 Å². The molecule has 2 heterocycles. The Morgan fingerprint density at radius 1 is 0.969 bits per heavy atom. The standard InChI is InChI=1S/C25H19N3O2S2/c1-16-15-31-25(26-16)32-18-12-10-17(11-13-18)27-23(29)14-28-21-8-4-2-6-19(21)24(30)20-7-3-5-9-22(20)28/h2-13,15H,14H2,1H3,(H,27,29). The number of rotatable bonds is 5. The molecule has 0 radical (unpaired) electrons. The summed E-state index contributed by atoms with van der Waals surface area (Å²) >= 11 is 3.22. The molecule has 32 heavy (non-hydrogen) atoms. The number of nitrogens with zero attached hydrogens (tertiary/aromatic N) is 2. The number of anilines is 1. The summed E-state index contributed by atoms with van der Waals surface area (Å²) in [6.45, 7) is 2.09. The summed E-state index contributed by atoms with van der Waals surface area (Å²) in [6.07, 6.45) is 0. The van der Waals surface area contributed by atoms with E-state index >= 15 is 0 Å². The number of nitrogens with one attached hydrogen (secondary N) is 1. The molecule has 1 N–H and O–H groups in total. The lowest BCUT2D eigenvalue weighted by molar-refractivity contribution is -0.116. The number of hydrogen-bond donors (Lipinski definition) is 1. The average molecular weight is 458 g/mol. The van der Waals surface area contributed by atoms with Crippen molar-refractivity contribution >= 4 is 56.5 Å². The van der Waals surface area contributed by atoms with Crippen LogP contribution in [0.3, 0.4) is 0 Å². The molecule has 0 aliphatic carbocycles. The van der Waals surface area contributed by atoms with Crippen LogP contribution in [0.25, 0.3) is 21.8 Å². The van der Waals surface area contributed by atoms with Gasteiger partial charge in [0.05, 0.1) is 11.0 Å². The van der Waals surface area contributed by atoms with E-state index in [-0.39, 0.29) is 17.9 Å². The third-order valence-electron chi connectivity index (χ3n) is 5.12. The molecule has 0 spiro atoms. The van der Waals surface area contributed by atoms with Crippen molar-refractivity contribution in [3.8, 4) is 0 Å². The van der Waals surface area contributed by atoms with Crippen molar-refractivity contribution in [2.24, 2.45) is 0 Å². The third kappa shape index (κ3) is 4.04. The van der Waals surface area contributed by atoms with Crippen LogP contribution in [0, 0.1) is 6.92 Å². The first-order chi connectivity index (χ1) is 15.6. The Morgan fingerprint density at radius 2 is 1.59 bits per heavy atom. The summed E-state index contributed by atoms with van der Waals surface area (Å²) in [7, 11) is 0. The maximum atomic E-state index is 12.9. The molecular formula is C25H19N3O2S2. The van der Waals surface area contributed by atoms with Gasteiger partial charge < -0.3 is 9.88 Å². The Morgan fingerprint density at radius 3 is 2.19 bits per heavy atom. The molecule has 5 nitrogen and oxygen atoms in total. The predicted octanol–water partition coefficient (Wildman–Crippen LogP) is 5.71. The quantitative estimate of drug-likeness (QED) is 0.343. The number of para-hydroxylation sites is 2. The number of amides is 1. The minimum Gasteiger partial charge on any atom is -0.331 e. The predicted molar refractivity (Wildman–Crippen MR) is 132 cm³/mol. The first-order valence-electron chi connectivity index (χ1n) is 10.1. The second-order valence-corrected chi connectivity index (χ2v) is 9.56. The number of aromatic nitrogens is 2. The molecule has 5 aromatic rings. The van der Waals surface area contributed by atoms with E-state index in [4.69, 9.17) is 0 Å². The third-order valence-corrected chi connectivity index (χ3v) is 7.19. The van der Waals surface area contributed by atoms with Crippen LogP contribution >= 0.6 is 23.1 Å². The van der Waals surface area contributed by atoms with Crippen molar-refractivity contribution in [1.29, 1.82) is 0 Å². The number of thiazole rings is 1. The second-order valence-electron chi connectivity index (χ2n) is 7.38. The van der Waals surface area contributed by atoms with Crippen LogP contribution < -0.4 is 10.7 Å². The summed E-state index contributed by atoms with van der Waals surface area (Å²) in [5.74, 6) is -0.153. The van der Waals surface area contributed by atoms with Crippen LogP contribution in [-0.2, 0) is 11.3 Å². The van der Waals surface area contributed by atoms with Crippen LogP contribution in [-0.4, -0.2) is 15.5 Å². The molecule has 158 valence electrons. The van der Waals surface area contributed by atoms with Crippen molar-refractivity contribution in [3.63, 3.8) is 0 Å². The van der Waals surface area contributed by atoms with Gasteiger partial charge in [-0.3, -0.25) is 9.59 Å². The van der Waals surface area contributed by atoms with Gasteiger partial charge in [-0.25, -0.2) is 4.98 Å². The van der Waals surface area contributed by atoms with E-state index in [1.54, 1.807) is 35.2 Å². The fourth-order valence-corrected chi connectivity index (χ4v) is 5.49. The number of benzene rings is 3. The van der Waals surface area contributed by atoms with E-state index in [9.17, 15) is 9.59 Å². The Kier molecular flexibility index (Phi) is 5.51. The lowest BCUT2D eigenvalue weighted by Gasteiger charge is -2.15. The van der Waals surface area contributed by atoms with Crippen LogP contribution in [0.1, 0.15) is 5.69 Å². The monoisotopic (exact) mass is 457 g/mol. The van der Waals surface area contributed by atoms with Gasteiger partial charge in [-0.15, -0.1) is 11.3 Å². The zero-order valence-corrected chi connectivity index (χ0v) is 18.9. The van der Waals surface area contributed by atoms with E-state index in [2.05, 4.69) is 10.3 Å². The van der Waals surface area contributed by atoms with Gasteiger partial charge in [0, 0.05) is 32.4 Å². The lowest BCUT2D eigenvalue weighted by atomic mass is 10.1. The molecule has 0 fully saturated rings. The largest absolute Gasteiger partial charge is 0.331 e. The van der Waals surface area contributed by atoms with E-state index in [1.165, 1.54) is 0 Å². The fourth-order valence-electron chi connectivity index (χ4n) is 3.68. The number of hydrogen-bond acceptors (Lipinski definition) is 5. The molecule has 0 unspecified atom stereocenters. The highest BCUT2D eigenvalue weighted by molar-refractivity contribution is 8.01. The minimum atomic E-state index is -0.153. The first-order valence-corrected chi connectivity index (χ1v) is 11.8. The molecule has 7 heteroatoms. The minimum absolute atomic E-state index is 0.0172. The van der Waals surface area contributed by atoms with Crippen LogP contribution in [0.5, 0.6) is 0 Å². The Labute approximate surface area is 192 Å². The Bertz CT molecular complexity index is 1440. The second kappa shape index (κ2) is 8.61. The van der Waals surface area contributed by atoms with Gasteiger partial charge in [0.1, 0.15) is 6.54 Å². The Hall–Kier alpha value is -3.42. The smallest absolute Gasteiger partial charge is 0.244 e. The van der Waals surface area contributed by atoms with Gasteiger partial charge >= 0.3 is 0 Å². The molecular weight excluding hydrogens is 438 g/mol. The summed E-state index contributed by atoms with van der Waals surface area (Å²) in [6, 6.07) is 22.5. The van der Waals surface area contributed by atoms with Gasteiger partial charge in [-0.2, -0.15) is 0 Å². The molecule has 0 saturated carbocycles. The zero-order chi connectivity index (χ0) is 22.1. The normalized spacial score (nSPS) is 11.2. The van der Waals surface area contributed by atoms with Crippen LogP contribution in [0.2, 0.25) is 0 Å². The molecule has 0 aliphatic heterocycles. The van der Waals surface area contributed by atoms with Crippen molar-refractivity contribution in [2.75, 3.05) is 5.32 Å². The zero-order valence-electron chi connectivity index (χ0n) is 17.2. The molecule has 5 rings (SSSR count). The van der Waals surface area contributed by atoms with Crippen molar-refractivity contribution in [3.05, 3.63) is 94.1 Å². The highest BCUT2D eigenvalue weighted by atomic mass is 32.2. The van der Waals surface area contributed by atoms with Gasteiger partial charge in [-0.1, -0.05) is 36.0 Å². The maximum Gasteiger partial charge on any atom is 0.244 e. The highest BCUT2D eigenvalue weighted by Crippen LogP contribution is 2.31. The van der Waals surface area contributed by atoms with Crippen LogP contribution in [0.15, 0.2) is 92.2 Å². The lowest BCUT2D eigenvalue weighted by Crippen LogP contribution is -2.21. The number of aryl methyl sites for hydroxylation is 1. The van der Waals surface area contributed by atoms with Gasteiger partial charge in [0.2, 0.25) is 5.91 Å². The molecule has 2 aromatic heterocycles. The molecule has 0 aliphatic rings. The van der Waals surface area contributed by atoms with E-state index in [0.29, 0.717) is 10.8 Å². The summed E-state index contributed by atoms with van der Waals surface area (Å²) < 4.78 is 2.90. The van der Waals surface area contributed by atoms with E-state index < -0.39 is 0 Å². The summed E-state index contributed by atoms with van der Waals surface area (Å²) in [5.41, 5.74) is 3.22. The Balaban J connectivity index is 1.39. The van der Waals surface area contributed by atoms with Crippen molar-refractivity contribution < 1.29 is 4.79 Å². The molecule has 3 aromatic carbocycles. The van der Waals surface area contributed by atoms with Gasteiger partial charge in [0.15, 0.2) is 9.77 Å². The highest BCUT2D eigenvalue weighted by Gasteiger charge is 2.13. The first kappa shape index (κ1) is 20.5. The fraction of sp³-hybridized carbons (Fsp3) is 0.0800. The molecule has 0 atom stereocenters. The van der Waals surface area contributed by atoms with Gasteiger partial charge in [0.25, 0.3) is 0 Å². The average Bonchev–Trinajstić information content (AvgIpc) is 3.22. The molecule has 0 bridgehead atoms. The summed E-state index contributed by atoms with van der Waals surface area (Å²) in [4.78, 5) is 31.3. The summed E-state index contributed by atoms with van der Waals surface area (Å²) in [5, 5.41) is 6.22. The number of carbonyl (C=O) groups is 1. The number of carbonyl (C=O) groups excluding carboxylic acids is 1. The van der Waals surface area contributed by atoms with E-state index in [1.807, 2.05) is 77.5 Å². The van der Waals surface area contributed by atoms with Crippen molar-refractivity contribution in [1.82, 2.24) is 9.55 Å².